The Bertz CT molecular complexity index is 556. The van der Waals surface area contributed by atoms with E-state index in [1.165, 1.54) is 31.4 Å². The second kappa shape index (κ2) is 5.77. The fourth-order valence-corrected chi connectivity index (χ4v) is 4.61. The van der Waals surface area contributed by atoms with E-state index in [4.69, 9.17) is 11.6 Å². The average molecular weight is 319 g/mol. The van der Waals surface area contributed by atoms with Gasteiger partial charge in [-0.3, -0.25) is 4.79 Å². The molecule has 0 spiro atoms. The third-order valence-corrected chi connectivity index (χ3v) is 5.94. The molecule has 4 rings (SSSR count). The molecular formula is C18H23ClN2O. The van der Waals surface area contributed by atoms with Crippen LogP contribution in [0, 0.1) is 17.8 Å². The topological polar surface area (TPSA) is 23.6 Å². The molecule has 3 fully saturated rings. The van der Waals surface area contributed by atoms with Crippen molar-refractivity contribution in [2.24, 2.45) is 17.8 Å². The minimum atomic E-state index is 0.361. The first-order chi connectivity index (χ1) is 10.7. The Morgan fingerprint density at radius 3 is 2.36 bits per heavy atom. The molecule has 4 heteroatoms. The molecule has 2 atom stereocenters. The molecule has 2 saturated carbocycles. The molecule has 1 saturated heterocycles. The third-order valence-electron chi connectivity index (χ3n) is 5.71. The Hall–Kier alpha value is -1.22. The zero-order valence-corrected chi connectivity index (χ0v) is 13.6. The molecule has 1 aliphatic heterocycles. The van der Waals surface area contributed by atoms with Gasteiger partial charge in [0.25, 0.3) is 0 Å². The molecule has 0 bridgehead atoms. The van der Waals surface area contributed by atoms with Crippen molar-refractivity contribution in [2.45, 2.75) is 25.7 Å². The van der Waals surface area contributed by atoms with Crippen LogP contribution in [0.5, 0.6) is 0 Å². The zero-order chi connectivity index (χ0) is 15.1. The number of amides is 1. The molecule has 22 heavy (non-hydrogen) atoms. The predicted molar refractivity (Wildman–Crippen MR) is 89.2 cm³/mol. The number of anilines is 1. The van der Waals surface area contributed by atoms with Crippen molar-refractivity contribution in [2.75, 3.05) is 31.1 Å². The smallest absolute Gasteiger partial charge is 0.226 e. The number of nitrogens with zero attached hydrogens (tertiary/aromatic N) is 2. The van der Waals surface area contributed by atoms with E-state index in [0.29, 0.717) is 23.7 Å². The van der Waals surface area contributed by atoms with Crippen LogP contribution in [-0.2, 0) is 4.79 Å². The van der Waals surface area contributed by atoms with Crippen molar-refractivity contribution in [3.63, 3.8) is 0 Å². The molecule has 0 radical (unpaired) electrons. The van der Waals surface area contributed by atoms with Crippen molar-refractivity contribution in [3.05, 3.63) is 29.3 Å². The molecule has 1 heterocycles. The summed E-state index contributed by atoms with van der Waals surface area (Å²) in [6, 6.07) is 8.00. The first-order valence-electron chi connectivity index (χ1n) is 8.53. The van der Waals surface area contributed by atoms with Gasteiger partial charge >= 0.3 is 0 Å². The molecular weight excluding hydrogens is 296 g/mol. The second-order valence-electron chi connectivity index (χ2n) is 6.93. The van der Waals surface area contributed by atoms with E-state index in [1.54, 1.807) is 0 Å². The van der Waals surface area contributed by atoms with Crippen molar-refractivity contribution < 1.29 is 4.79 Å². The number of carbonyl (C=O) groups is 1. The van der Waals surface area contributed by atoms with Crippen LogP contribution in [-0.4, -0.2) is 37.0 Å². The minimum Gasteiger partial charge on any atom is -0.368 e. The van der Waals surface area contributed by atoms with Gasteiger partial charge in [-0.15, -0.1) is 0 Å². The molecule has 3 aliphatic rings. The first kappa shape index (κ1) is 14.4. The van der Waals surface area contributed by atoms with Crippen LogP contribution in [0.1, 0.15) is 25.7 Å². The molecule has 0 N–H and O–H groups in total. The predicted octanol–water partition coefficient (Wildman–Crippen LogP) is 3.42. The molecule has 2 aliphatic carbocycles. The summed E-state index contributed by atoms with van der Waals surface area (Å²) in [4.78, 5) is 17.1. The van der Waals surface area contributed by atoms with Crippen LogP contribution in [0.2, 0.25) is 5.02 Å². The Labute approximate surface area is 137 Å². The number of carbonyl (C=O) groups excluding carboxylic acids is 1. The van der Waals surface area contributed by atoms with E-state index >= 15 is 0 Å². The summed E-state index contributed by atoms with van der Waals surface area (Å²) < 4.78 is 0. The van der Waals surface area contributed by atoms with Gasteiger partial charge in [0, 0.05) is 42.8 Å². The molecule has 1 aromatic rings. The van der Waals surface area contributed by atoms with E-state index < -0.39 is 0 Å². The number of halogens is 1. The number of fused-ring (bicyclic) bond motifs is 1. The van der Waals surface area contributed by atoms with Gasteiger partial charge in [-0.25, -0.2) is 0 Å². The summed E-state index contributed by atoms with van der Waals surface area (Å²) in [5.74, 6) is 2.22. The highest BCUT2D eigenvalue weighted by molar-refractivity contribution is 6.30. The third kappa shape index (κ3) is 2.60. The standard InChI is InChI=1S/C18H23ClN2O/c19-13-4-3-5-14(12-13)20-8-10-21(11-9-20)18(22)17-15-6-1-2-7-16(15)17/h3-5,12,15-17H,1-2,6-11H2/t15-,16-/m0/s1. The van der Waals surface area contributed by atoms with E-state index in [2.05, 4.69) is 15.9 Å². The Balaban J connectivity index is 1.35. The van der Waals surface area contributed by atoms with Crippen LogP contribution in [0.25, 0.3) is 0 Å². The van der Waals surface area contributed by atoms with Gasteiger partial charge in [0.2, 0.25) is 5.91 Å². The van der Waals surface area contributed by atoms with Gasteiger partial charge in [0.15, 0.2) is 0 Å². The molecule has 0 unspecified atom stereocenters. The van der Waals surface area contributed by atoms with E-state index in [-0.39, 0.29) is 0 Å². The van der Waals surface area contributed by atoms with E-state index in [0.717, 1.165) is 31.2 Å². The fraction of sp³-hybridized carbons (Fsp3) is 0.611. The molecule has 1 aromatic carbocycles. The molecule has 118 valence electrons. The quantitative estimate of drug-likeness (QED) is 0.834. The lowest BCUT2D eigenvalue weighted by Gasteiger charge is -2.36. The Morgan fingerprint density at radius 2 is 1.73 bits per heavy atom. The maximum absolute atomic E-state index is 12.7. The van der Waals surface area contributed by atoms with Crippen molar-refractivity contribution in [3.8, 4) is 0 Å². The Kier molecular flexibility index (Phi) is 3.77. The van der Waals surface area contributed by atoms with Gasteiger partial charge in [-0.2, -0.15) is 0 Å². The minimum absolute atomic E-state index is 0.361. The summed E-state index contributed by atoms with van der Waals surface area (Å²) in [5.41, 5.74) is 1.17. The summed E-state index contributed by atoms with van der Waals surface area (Å²) in [7, 11) is 0. The van der Waals surface area contributed by atoms with Gasteiger partial charge in [-0.05, 0) is 42.9 Å². The lowest BCUT2D eigenvalue weighted by Crippen LogP contribution is -2.49. The number of piperazine rings is 1. The SMILES string of the molecule is O=C(C1[C@H]2CCCC[C@H]12)N1CCN(c2cccc(Cl)c2)CC1. The van der Waals surface area contributed by atoms with Crippen LogP contribution in [0.15, 0.2) is 24.3 Å². The number of rotatable bonds is 2. The van der Waals surface area contributed by atoms with E-state index in [1.807, 2.05) is 18.2 Å². The lowest BCUT2D eigenvalue weighted by atomic mass is 10.0. The summed E-state index contributed by atoms with van der Waals surface area (Å²) in [6.07, 6.45) is 5.22. The monoisotopic (exact) mass is 318 g/mol. The largest absolute Gasteiger partial charge is 0.368 e. The van der Waals surface area contributed by atoms with Crippen LogP contribution in [0.4, 0.5) is 5.69 Å². The summed E-state index contributed by atoms with van der Waals surface area (Å²) >= 11 is 6.07. The lowest BCUT2D eigenvalue weighted by molar-refractivity contribution is -0.133. The molecule has 0 aromatic heterocycles. The maximum Gasteiger partial charge on any atom is 0.226 e. The number of hydrogen-bond acceptors (Lipinski definition) is 2. The molecule has 1 amide bonds. The average Bonchev–Trinajstić information content (AvgIpc) is 3.29. The van der Waals surface area contributed by atoms with Crippen molar-refractivity contribution in [1.29, 1.82) is 0 Å². The fourth-order valence-electron chi connectivity index (χ4n) is 4.43. The normalized spacial score (nSPS) is 30.9. The number of hydrogen-bond donors (Lipinski definition) is 0. The number of benzene rings is 1. The van der Waals surface area contributed by atoms with Gasteiger partial charge < -0.3 is 9.80 Å². The second-order valence-corrected chi connectivity index (χ2v) is 7.37. The highest BCUT2D eigenvalue weighted by atomic mass is 35.5. The van der Waals surface area contributed by atoms with Gasteiger partial charge in [0.1, 0.15) is 0 Å². The van der Waals surface area contributed by atoms with Gasteiger partial charge in [-0.1, -0.05) is 30.5 Å². The van der Waals surface area contributed by atoms with Crippen LogP contribution in [0.3, 0.4) is 0 Å². The van der Waals surface area contributed by atoms with Crippen molar-refractivity contribution >= 4 is 23.2 Å². The van der Waals surface area contributed by atoms with E-state index in [9.17, 15) is 4.79 Å². The first-order valence-corrected chi connectivity index (χ1v) is 8.91. The van der Waals surface area contributed by atoms with Crippen LogP contribution >= 0.6 is 11.6 Å². The maximum atomic E-state index is 12.7. The summed E-state index contributed by atoms with van der Waals surface area (Å²) in [5, 5.41) is 0.776. The highest BCUT2D eigenvalue weighted by Crippen LogP contribution is 2.56. The van der Waals surface area contributed by atoms with Gasteiger partial charge in [0.05, 0.1) is 0 Å². The van der Waals surface area contributed by atoms with Crippen molar-refractivity contribution in [1.82, 2.24) is 4.90 Å². The van der Waals surface area contributed by atoms with Crippen LogP contribution < -0.4 is 4.90 Å². The molecule has 3 nitrogen and oxygen atoms in total. The highest BCUT2D eigenvalue weighted by Gasteiger charge is 2.55. The Morgan fingerprint density at radius 1 is 1.05 bits per heavy atom. The zero-order valence-electron chi connectivity index (χ0n) is 12.9. The summed E-state index contributed by atoms with van der Waals surface area (Å²) in [6.45, 7) is 3.52.